The van der Waals surface area contributed by atoms with Gasteiger partial charge in [0.15, 0.2) is 0 Å². The Morgan fingerprint density at radius 1 is 1.39 bits per heavy atom. The Balaban J connectivity index is 1.73. The van der Waals surface area contributed by atoms with Gasteiger partial charge in [0.25, 0.3) is 0 Å². The van der Waals surface area contributed by atoms with E-state index in [1.807, 2.05) is 24.3 Å². The lowest BCUT2D eigenvalue weighted by Gasteiger charge is -2.19. The van der Waals surface area contributed by atoms with Crippen LogP contribution in [0.15, 0.2) is 36.4 Å². The lowest BCUT2D eigenvalue weighted by atomic mass is 10.0. The fraction of sp³-hybridized carbons (Fsp3) is 0.474. The van der Waals surface area contributed by atoms with Crippen LogP contribution in [0.25, 0.3) is 11.0 Å². The molecule has 4 nitrogen and oxygen atoms in total. The van der Waals surface area contributed by atoms with Crippen molar-refractivity contribution in [1.29, 1.82) is 0 Å². The molecule has 0 spiro atoms. The van der Waals surface area contributed by atoms with Crippen LogP contribution in [0, 0.1) is 11.8 Å². The number of imidazole rings is 1. The molecule has 1 aromatic heterocycles. The molecule has 1 heterocycles. The molecule has 0 fully saturated rings. The van der Waals surface area contributed by atoms with Crippen LogP contribution >= 0.6 is 0 Å². The molecule has 2 N–H and O–H groups in total. The molecule has 1 aliphatic carbocycles. The van der Waals surface area contributed by atoms with Crippen LogP contribution in [0.3, 0.4) is 0 Å². The molecule has 2 atom stereocenters. The fourth-order valence-corrected chi connectivity index (χ4v) is 3.20. The maximum atomic E-state index is 12.4. The van der Waals surface area contributed by atoms with Crippen molar-refractivity contribution in [3.63, 3.8) is 0 Å². The first-order valence-electron chi connectivity index (χ1n) is 8.52. The molecular formula is C19H25N3O. The Kier molecular flexibility index (Phi) is 4.79. The largest absolute Gasteiger partial charge is 0.346 e. The van der Waals surface area contributed by atoms with Crippen molar-refractivity contribution < 1.29 is 4.79 Å². The molecule has 1 aromatic carbocycles. The Morgan fingerprint density at radius 3 is 2.91 bits per heavy atom. The lowest BCUT2D eigenvalue weighted by Crippen LogP contribution is -2.31. The SMILES string of the molecule is CC(C)C[C@H](NC(=O)C[C@@H]1C=CCC1)c1nc2ccccc2[nH]1. The minimum absolute atomic E-state index is 0.0553. The number of fused-ring (bicyclic) bond motifs is 1. The Bertz CT molecular complexity index is 668. The van der Waals surface area contributed by atoms with E-state index in [0.29, 0.717) is 18.3 Å². The van der Waals surface area contributed by atoms with Crippen molar-refractivity contribution in [3.8, 4) is 0 Å². The molecule has 0 radical (unpaired) electrons. The van der Waals surface area contributed by atoms with Gasteiger partial charge in [-0.1, -0.05) is 38.1 Å². The summed E-state index contributed by atoms with van der Waals surface area (Å²) < 4.78 is 0. The van der Waals surface area contributed by atoms with Crippen LogP contribution in [0.1, 0.15) is 51.4 Å². The van der Waals surface area contributed by atoms with Gasteiger partial charge in [0.05, 0.1) is 17.1 Å². The lowest BCUT2D eigenvalue weighted by molar-refractivity contribution is -0.122. The molecule has 2 aromatic rings. The van der Waals surface area contributed by atoms with E-state index in [9.17, 15) is 4.79 Å². The number of H-pyrrole nitrogens is 1. The van der Waals surface area contributed by atoms with Gasteiger partial charge >= 0.3 is 0 Å². The highest BCUT2D eigenvalue weighted by Gasteiger charge is 2.21. The van der Waals surface area contributed by atoms with Crippen molar-refractivity contribution in [2.75, 3.05) is 0 Å². The smallest absolute Gasteiger partial charge is 0.221 e. The maximum absolute atomic E-state index is 12.4. The van der Waals surface area contributed by atoms with Gasteiger partial charge in [0.1, 0.15) is 5.82 Å². The zero-order chi connectivity index (χ0) is 16.2. The highest BCUT2D eigenvalue weighted by molar-refractivity contribution is 5.78. The summed E-state index contributed by atoms with van der Waals surface area (Å²) in [5.74, 6) is 1.85. The summed E-state index contributed by atoms with van der Waals surface area (Å²) in [6.07, 6.45) is 7.97. The Labute approximate surface area is 137 Å². The number of allylic oxidation sites excluding steroid dienone is 2. The van der Waals surface area contributed by atoms with E-state index >= 15 is 0 Å². The van der Waals surface area contributed by atoms with Gasteiger partial charge in [0, 0.05) is 6.42 Å². The number of hydrogen-bond donors (Lipinski definition) is 2. The first-order valence-corrected chi connectivity index (χ1v) is 8.52. The van der Waals surface area contributed by atoms with Crippen molar-refractivity contribution >= 4 is 16.9 Å². The molecule has 3 rings (SSSR count). The van der Waals surface area contributed by atoms with E-state index in [4.69, 9.17) is 0 Å². The van der Waals surface area contributed by atoms with Crippen LogP contribution < -0.4 is 5.32 Å². The molecule has 0 bridgehead atoms. The number of carbonyl (C=O) groups excluding carboxylic acids is 1. The topological polar surface area (TPSA) is 57.8 Å². The number of para-hydroxylation sites is 2. The number of rotatable bonds is 6. The normalized spacial score (nSPS) is 18.7. The first kappa shape index (κ1) is 15.8. The van der Waals surface area contributed by atoms with Crippen molar-refractivity contribution in [1.82, 2.24) is 15.3 Å². The zero-order valence-corrected chi connectivity index (χ0v) is 13.9. The van der Waals surface area contributed by atoms with Crippen LogP contribution in [-0.2, 0) is 4.79 Å². The molecule has 0 unspecified atom stereocenters. The predicted molar refractivity (Wildman–Crippen MR) is 92.9 cm³/mol. The van der Waals surface area contributed by atoms with Crippen molar-refractivity contribution in [3.05, 3.63) is 42.2 Å². The number of benzene rings is 1. The number of hydrogen-bond acceptors (Lipinski definition) is 2. The van der Waals surface area contributed by atoms with E-state index in [2.05, 4.69) is 41.3 Å². The summed E-state index contributed by atoms with van der Waals surface area (Å²) in [7, 11) is 0. The molecule has 0 saturated carbocycles. The molecule has 1 aliphatic rings. The van der Waals surface area contributed by atoms with Gasteiger partial charge in [-0.2, -0.15) is 0 Å². The number of aromatic amines is 1. The van der Waals surface area contributed by atoms with Crippen molar-refractivity contribution in [2.45, 2.75) is 45.6 Å². The number of amides is 1. The quantitative estimate of drug-likeness (QED) is 0.788. The zero-order valence-electron chi connectivity index (χ0n) is 13.9. The van der Waals surface area contributed by atoms with Crippen molar-refractivity contribution in [2.24, 2.45) is 11.8 Å². The molecule has 23 heavy (non-hydrogen) atoms. The Hall–Kier alpha value is -2.10. The summed E-state index contributed by atoms with van der Waals surface area (Å²) in [5.41, 5.74) is 1.97. The number of aromatic nitrogens is 2. The van der Waals surface area contributed by atoms with Crippen LogP contribution in [0.5, 0.6) is 0 Å². The minimum Gasteiger partial charge on any atom is -0.346 e. The second-order valence-corrected chi connectivity index (χ2v) is 6.86. The third kappa shape index (κ3) is 4.01. The molecular weight excluding hydrogens is 286 g/mol. The predicted octanol–water partition coefficient (Wildman–Crippen LogP) is 4.12. The van der Waals surface area contributed by atoms with Crippen LogP contribution in [0.4, 0.5) is 0 Å². The van der Waals surface area contributed by atoms with E-state index in [1.165, 1.54) is 0 Å². The average molecular weight is 311 g/mol. The third-order valence-corrected chi connectivity index (χ3v) is 4.34. The first-order chi connectivity index (χ1) is 11.1. The summed E-state index contributed by atoms with van der Waals surface area (Å²) >= 11 is 0. The molecule has 122 valence electrons. The van der Waals surface area contributed by atoms with Crippen LogP contribution in [0.2, 0.25) is 0 Å². The minimum atomic E-state index is -0.0553. The standard InChI is InChI=1S/C19H25N3O/c1-13(2)11-17(20-18(23)12-14-7-3-4-8-14)19-21-15-9-5-6-10-16(15)22-19/h3,5-7,9-10,13-14,17H,4,8,11-12H2,1-2H3,(H,20,23)(H,21,22)/t14-,17+/m1/s1. The average Bonchev–Trinajstić information content (AvgIpc) is 3.14. The molecule has 0 aliphatic heterocycles. The summed E-state index contributed by atoms with van der Waals surface area (Å²) in [4.78, 5) is 20.4. The monoisotopic (exact) mass is 311 g/mol. The molecule has 0 saturated heterocycles. The highest BCUT2D eigenvalue weighted by atomic mass is 16.1. The van der Waals surface area contributed by atoms with E-state index in [-0.39, 0.29) is 11.9 Å². The number of nitrogens with zero attached hydrogens (tertiary/aromatic N) is 1. The maximum Gasteiger partial charge on any atom is 0.221 e. The summed E-state index contributed by atoms with van der Waals surface area (Å²) in [6.45, 7) is 4.34. The van der Waals surface area contributed by atoms with E-state index < -0.39 is 0 Å². The Morgan fingerprint density at radius 2 is 2.22 bits per heavy atom. The second-order valence-electron chi connectivity index (χ2n) is 6.86. The fourth-order valence-electron chi connectivity index (χ4n) is 3.20. The molecule has 1 amide bonds. The van der Waals surface area contributed by atoms with E-state index in [1.54, 1.807) is 0 Å². The highest BCUT2D eigenvalue weighted by Crippen LogP contribution is 2.24. The summed E-state index contributed by atoms with van der Waals surface area (Å²) in [6, 6.07) is 7.93. The molecule has 4 heteroatoms. The van der Waals surface area contributed by atoms with Gasteiger partial charge in [-0.3, -0.25) is 4.79 Å². The number of carbonyl (C=O) groups is 1. The second kappa shape index (κ2) is 6.99. The number of nitrogens with one attached hydrogen (secondary N) is 2. The van der Waals surface area contributed by atoms with Gasteiger partial charge in [0.2, 0.25) is 5.91 Å². The van der Waals surface area contributed by atoms with Gasteiger partial charge in [-0.15, -0.1) is 0 Å². The van der Waals surface area contributed by atoms with Crippen LogP contribution in [-0.4, -0.2) is 15.9 Å². The van der Waals surface area contributed by atoms with Gasteiger partial charge in [-0.25, -0.2) is 4.98 Å². The van der Waals surface area contributed by atoms with E-state index in [0.717, 1.165) is 36.1 Å². The summed E-state index contributed by atoms with van der Waals surface area (Å²) in [5, 5.41) is 3.19. The van der Waals surface area contributed by atoms with Gasteiger partial charge < -0.3 is 10.3 Å². The van der Waals surface area contributed by atoms with Gasteiger partial charge in [-0.05, 0) is 43.2 Å². The third-order valence-electron chi connectivity index (χ3n) is 4.34.